The summed E-state index contributed by atoms with van der Waals surface area (Å²) >= 11 is 0. The van der Waals surface area contributed by atoms with E-state index in [1.807, 2.05) is 0 Å². The third-order valence-corrected chi connectivity index (χ3v) is 1.24. The van der Waals surface area contributed by atoms with Crippen LogP contribution in [-0.2, 0) is 31.5 Å². The Kier molecular flexibility index (Phi) is 28.8. The number of aliphatic hydroxyl groups is 3. The smallest absolute Gasteiger partial charge is 0.155 e. The summed E-state index contributed by atoms with van der Waals surface area (Å²) in [7, 11) is 0. The van der Waals surface area contributed by atoms with E-state index in [1.165, 1.54) is 59.8 Å². The van der Waals surface area contributed by atoms with Crippen molar-refractivity contribution < 1.29 is 46.8 Å². The molecule has 0 aliphatic carbocycles. The number of carbonyl (C=O) groups excluding carboxylic acids is 3. The van der Waals surface area contributed by atoms with Gasteiger partial charge in [-0.15, -0.1) is 0 Å². The zero-order valence-electron chi connectivity index (χ0n) is 14.7. The Morgan fingerprint density at radius 2 is 0.696 bits per heavy atom. The van der Waals surface area contributed by atoms with Gasteiger partial charge in [0.05, 0.1) is 17.3 Å². The van der Waals surface area contributed by atoms with E-state index in [0.717, 1.165) is 0 Å². The number of aliphatic hydroxyl groups excluding tert-OH is 3. The molecular weight excluding hydrogens is 344 g/mol. The fourth-order valence-electron chi connectivity index (χ4n) is 0.882. The van der Waals surface area contributed by atoms with Crippen molar-refractivity contribution in [2.45, 2.75) is 41.5 Å². The molecule has 7 heteroatoms. The second kappa shape index (κ2) is 20.1. The molecule has 0 unspecified atom stereocenters. The minimum atomic E-state index is -0.125. The van der Waals surface area contributed by atoms with Crippen molar-refractivity contribution in [1.82, 2.24) is 0 Å². The second-order valence-electron chi connectivity index (χ2n) is 4.19. The molecule has 0 aromatic carbocycles. The van der Waals surface area contributed by atoms with Gasteiger partial charge in [0.2, 0.25) is 0 Å². The van der Waals surface area contributed by atoms with E-state index in [9.17, 15) is 14.4 Å². The summed E-state index contributed by atoms with van der Waals surface area (Å²) in [6, 6.07) is 0. The molecule has 0 radical (unpaired) electrons. The molecule has 0 heterocycles. The molecular formula is C16H27FeO6-. The first-order valence-corrected chi connectivity index (χ1v) is 6.02. The molecule has 3 N–H and O–H groups in total. The van der Waals surface area contributed by atoms with E-state index in [0.29, 0.717) is 0 Å². The van der Waals surface area contributed by atoms with Crippen LogP contribution in [0, 0.1) is 7.43 Å². The minimum absolute atomic E-state index is 0. The van der Waals surface area contributed by atoms with Gasteiger partial charge in [-0.05, 0) is 41.5 Å². The van der Waals surface area contributed by atoms with Crippen LogP contribution in [0.4, 0.5) is 0 Å². The van der Waals surface area contributed by atoms with Crippen LogP contribution in [0.2, 0.25) is 0 Å². The molecule has 0 rings (SSSR count). The molecule has 6 nitrogen and oxygen atoms in total. The normalized spacial score (nSPS) is 10.4. The van der Waals surface area contributed by atoms with Gasteiger partial charge in [-0.1, -0.05) is 0 Å². The number of hydrogen-bond donors (Lipinski definition) is 3. The van der Waals surface area contributed by atoms with Gasteiger partial charge in [0.25, 0.3) is 0 Å². The van der Waals surface area contributed by atoms with E-state index >= 15 is 0 Å². The van der Waals surface area contributed by atoms with Crippen molar-refractivity contribution in [2.75, 3.05) is 0 Å². The Balaban J connectivity index is -0.0000000675. The van der Waals surface area contributed by atoms with Gasteiger partial charge in [0.1, 0.15) is 0 Å². The Morgan fingerprint density at radius 1 is 0.565 bits per heavy atom. The van der Waals surface area contributed by atoms with Crippen molar-refractivity contribution in [3.63, 3.8) is 0 Å². The molecule has 0 fully saturated rings. The van der Waals surface area contributed by atoms with Crippen molar-refractivity contribution in [1.29, 1.82) is 0 Å². The predicted molar refractivity (Wildman–Crippen MR) is 87.6 cm³/mol. The molecule has 136 valence electrons. The van der Waals surface area contributed by atoms with E-state index in [1.54, 1.807) is 0 Å². The van der Waals surface area contributed by atoms with Gasteiger partial charge in [-0.2, -0.15) is 0 Å². The van der Waals surface area contributed by atoms with E-state index in [2.05, 4.69) is 0 Å². The largest absolute Gasteiger partial charge is 0.512 e. The first kappa shape index (κ1) is 32.9. The van der Waals surface area contributed by atoms with Crippen LogP contribution >= 0.6 is 0 Å². The minimum Gasteiger partial charge on any atom is -0.512 e. The summed E-state index contributed by atoms with van der Waals surface area (Å²) in [5.41, 5.74) is 0. The second-order valence-corrected chi connectivity index (χ2v) is 4.19. The summed E-state index contributed by atoms with van der Waals surface area (Å²) in [4.78, 5) is 30.1. The van der Waals surface area contributed by atoms with Crippen LogP contribution in [0.3, 0.4) is 0 Å². The standard InChI is InChI=1S/3C5H8O2.CH3.Fe/c3*1-4(6)3-5(2)7;;/h3*3,6H,1-2H3;1H3;/q;;;-1;/b3*4-3-;;. The summed E-state index contributed by atoms with van der Waals surface area (Å²) in [6.45, 7) is 8.54. The zero-order chi connectivity index (χ0) is 17.6. The van der Waals surface area contributed by atoms with Crippen molar-refractivity contribution in [2.24, 2.45) is 0 Å². The van der Waals surface area contributed by atoms with E-state index in [4.69, 9.17) is 15.3 Å². The number of rotatable bonds is 3. The summed E-state index contributed by atoms with van der Waals surface area (Å²) < 4.78 is 0. The fourth-order valence-corrected chi connectivity index (χ4v) is 0.882. The third-order valence-electron chi connectivity index (χ3n) is 1.24. The van der Waals surface area contributed by atoms with Gasteiger partial charge in [0, 0.05) is 35.3 Å². The monoisotopic (exact) mass is 371 g/mol. The maximum atomic E-state index is 10.0. The summed E-state index contributed by atoms with van der Waals surface area (Å²) in [6.07, 6.45) is 3.50. The fraction of sp³-hybridized carbons (Fsp3) is 0.375. The number of allylic oxidation sites excluding steroid dienone is 6. The van der Waals surface area contributed by atoms with E-state index < -0.39 is 0 Å². The molecule has 0 aromatic rings. The first-order chi connectivity index (χ1) is 9.38. The van der Waals surface area contributed by atoms with Gasteiger partial charge in [0.15, 0.2) is 17.3 Å². The molecule has 0 saturated heterocycles. The molecule has 0 amide bonds. The first-order valence-electron chi connectivity index (χ1n) is 6.02. The van der Waals surface area contributed by atoms with Crippen LogP contribution in [0.25, 0.3) is 0 Å². The molecule has 0 bridgehead atoms. The molecule has 0 saturated carbocycles. The zero-order valence-corrected chi connectivity index (χ0v) is 15.8. The topological polar surface area (TPSA) is 112 Å². The maximum absolute atomic E-state index is 10.0. The van der Waals surface area contributed by atoms with Gasteiger partial charge in [-0.3, -0.25) is 14.4 Å². The average Bonchev–Trinajstić information content (AvgIpc) is 2.10. The molecule has 0 aliphatic heterocycles. The quantitative estimate of drug-likeness (QED) is 0.303. The van der Waals surface area contributed by atoms with Crippen LogP contribution in [0.15, 0.2) is 35.5 Å². The van der Waals surface area contributed by atoms with Crippen LogP contribution < -0.4 is 0 Å². The number of carbonyl (C=O) groups is 3. The van der Waals surface area contributed by atoms with Crippen molar-refractivity contribution in [3.8, 4) is 0 Å². The third kappa shape index (κ3) is 64.4. The average molecular weight is 371 g/mol. The van der Waals surface area contributed by atoms with Gasteiger partial charge >= 0.3 is 0 Å². The molecule has 0 atom stereocenters. The Bertz CT molecular complexity index is 369. The molecule has 0 aromatic heterocycles. The predicted octanol–water partition coefficient (Wildman–Crippen LogP) is 3.56. The van der Waals surface area contributed by atoms with E-state index in [-0.39, 0.29) is 59.1 Å². The van der Waals surface area contributed by atoms with Crippen LogP contribution in [0.1, 0.15) is 41.5 Å². The molecule has 23 heavy (non-hydrogen) atoms. The molecule has 0 aliphatic rings. The molecule has 0 spiro atoms. The van der Waals surface area contributed by atoms with Crippen LogP contribution in [-0.4, -0.2) is 32.7 Å². The summed E-state index contributed by atoms with van der Waals surface area (Å²) in [5, 5.41) is 25.1. The SMILES string of the molecule is CC(=O)/C=C(/C)O.CC(=O)/C=C(/C)O.CC(=O)/C=C(/C)O.[CH3-].[Fe]. The maximum Gasteiger partial charge on any atom is 0.155 e. The Hall–Kier alpha value is -1.85. The van der Waals surface area contributed by atoms with Crippen molar-refractivity contribution >= 4 is 17.3 Å². The Labute approximate surface area is 149 Å². The van der Waals surface area contributed by atoms with Crippen LogP contribution in [0.5, 0.6) is 0 Å². The van der Waals surface area contributed by atoms with Gasteiger partial charge in [-0.25, -0.2) is 0 Å². The number of ketones is 3. The summed E-state index contributed by atoms with van der Waals surface area (Å²) in [5.74, 6) is -0.187. The van der Waals surface area contributed by atoms with Gasteiger partial charge < -0.3 is 22.7 Å². The van der Waals surface area contributed by atoms with Crippen molar-refractivity contribution in [3.05, 3.63) is 42.9 Å². The number of hydrogen-bond acceptors (Lipinski definition) is 6. The Morgan fingerprint density at radius 3 is 0.696 bits per heavy atom.